The summed E-state index contributed by atoms with van der Waals surface area (Å²) in [6, 6.07) is 0. The Balaban J connectivity index is 2.18. The van der Waals surface area contributed by atoms with Crippen LogP contribution in [0.15, 0.2) is 11.8 Å². The lowest BCUT2D eigenvalue weighted by molar-refractivity contribution is -0.140. The minimum atomic E-state index is -0.726. The van der Waals surface area contributed by atoms with Crippen LogP contribution in [0, 0.1) is 0 Å². The number of unbranched alkanes of at least 4 members (excludes halogenated alkanes) is 5. The van der Waals surface area contributed by atoms with Gasteiger partial charge in [0, 0.05) is 30.3 Å². The van der Waals surface area contributed by atoms with E-state index in [0.717, 1.165) is 44.3 Å². The van der Waals surface area contributed by atoms with E-state index in [1.807, 2.05) is 6.08 Å². The van der Waals surface area contributed by atoms with Crippen LogP contribution in [0.4, 0.5) is 0 Å². The molecule has 0 amide bonds. The van der Waals surface area contributed by atoms with Crippen LogP contribution < -0.4 is 5.32 Å². The molecule has 0 spiro atoms. The van der Waals surface area contributed by atoms with Crippen molar-refractivity contribution in [3.63, 3.8) is 0 Å². The molecule has 5 heteroatoms. The molecule has 0 aliphatic carbocycles. The van der Waals surface area contributed by atoms with E-state index in [1.54, 1.807) is 0 Å². The highest BCUT2D eigenvalue weighted by atomic mass is 16.5. The SMILES string of the molecule is CC1(C)C=C(OC(=O)CCCCCCCCC(=O)O)CC(C)(C)N1. The Morgan fingerprint density at radius 1 is 1.04 bits per heavy atom. The molecule has 138 valence electrons. The summed E-state index contributed by atoms with van der Waals surface area (Å²) in [5.41, 5.74) is -0.253. The lowest BCUT2D eigenvalue weighted by Gasteiger charge is -2.40. The van der Waals surface area contributed by atoms with Gasteiger partial charge < -0.3 is 15.2 Å². The normalized spacial score (nSPS) is 18.8. The molecule has 0 atom stereocenters. The number of ether oxygens (including phenoxy) is 1. The highest BCUT2D eigenvalue weighted by molar-refractivity contribution is 5.70. The number of carboxylic acids is 1. The average Bonchev–Trinajstić information content (AvgIpc) is 2.37. The Morgan fingerprint density at radius 2 is 1.58 bits per heavy atom. The van der Waals surface area contributed by atoms with Crippen LogP contribution in [0.2, 0.25) is 0 Å². The van der Waals surface area contributed by atoms with Crippen molar-refractivity contribution in [2.75, 3.05) is 0 Å². The molecule has 0 saturated heterocycles. The van der Waals surface area contributed by atoms with Gasteiger partial charge in [-0.1, -0.05) is 25.7 Å². The highest BCUT2D eigenvalue weighted by Crippen LogP contribution is 2.28. The van der Waals surface area contributed by atoms with Crippen LogP contribution in [-0.2, 0) is 14.3 Å². The van der Waals surface area contributed by atoms with Crippen molar-refractivity contribution in [2.45, 2.75) is 96.6 Å². The van der Waals surface area contributed by atoms with Crippen LogP contribution in [0.25, 0.3) is 0 Å². The van der Waals surface area contributed by atoms with Crippen molar-refractivity contribution in [3.8, 4) is 0 Å². The molecule has 24 heavy (non-hydrogen) atoms. The molecule has 0 aromatic heterocycles. The molecule has 0 aromatic rings. The standard InChI is InChI=1S/C19H33NO4/c1-18(2)13-15(14-19(3,4)20-18)24-17(23)12-10-8-6-5-7-9-11-16(21)22/h13,20H,5-12,14H2,1-4H3,(H,21,22). The molecular weight excluding hydrogens is 306 g/mol. The monoisotopic (exact) mass is 339 g/mol. The molecular formula is C19H33NO4. The fourth-order valence-electron chi connectivity index (χ4n) is 3.36. The first kappa shape index (κ1) is 20.7. The van der Waals surface area contributed by atoms with Gasteiger partial charge in [-0.25, -0.2) is 0 Å². The van der Waals surface area contributed by atoms with Crippen molar-refractivity contribution in [1.29, 1.82) is 0 Å². The summed E-state index contributed by atoms with van der Waals surface area (Å²) in [5.74, 6) is -0.112. The van der Waals surface area contributed by atoms with Crippen LogP contribution in [0.1, 0.15) is 85.5 Å². The number of esters is 1. The zero-order valence-electron chi connectivity index (χ0n) is 15.6. The van der Waals surface area contributed by atoms with Crippen molar-refractivity contribution < 1.29 is 19.4 Å². The van der Waals surface area contributed by atoms with E-state index in [1.165, 1.54) is 0 Å². The molecule has 1 heterocycles. The molecule has 0 unspecified atom stereocenters. The molecule has 5 nitrogen and oxygen atoms in total. The maximum atomic E-state index is 12.0. The topological polar surface area (TPSA) is 75.6 Å². The molecule has 2 N–H and O–H groups in total. The second-order valence-electron chi connectivity index (χ2n) is 8.01. The summed E-state index contributed by atoms with van der Waals surface area (Å²) in [6.07, 6.45) is 8.98. The lowest BCUT2D eigenvalue weighted by Crippen LogP contribution is -2.54. The highest BCUT2D eigenvalue weighted by Gasteiger charge is 2.33. The summed E-state index contributed by atoms with van der Waals surface area (Å²) >= 11 is 0. The smallest absolute Gasteiger partial charge is 0.310 e. The molecule has 0 radical (unpaired) electrons. The van der Waals surface area contributed by atoms with Crippen molar-refractivity contribution in [2.24, 2.45) is 0 Å². The van der Waals surface area contributed by atoms with E-state index in [0.29, 0.717) is 12.8 Å². The zero-order valence-corrected chi connectivity index (χ0v) is 15.6. The first-order valence-corrected chi connectivity index (χ1v) is 9.03. The molecule has 1 aliphatic rings. The Labute approximate surface area is 145 Å². The first-order valence-electron chi connectivity index (χ1n) is 9.03. The molecule has 1 aliphatic heterocycles. The third kappa shape index (κ3) is 9.06. The van der Waals surface area contributed by atoms with E-state index in [-0.39, 0.29) is 23.5 Å². The van der Waals surface area contributed by atoms with E-state index >= 15 is 0 Å². The van der Waals surface area contributed by atoms with Crippen LogP contribution >= 0.6 is 0 Å². The van der Waals surface area contributed by atoms with Gasteiger partial charge in [0.25, 0.3) is 0 Å². The van der Waals surface area contributed by atoms with Crippen LogP contribution in [-0.4, -0.2) is 28.1 Å². The predicted molar refractivity (Wildman–Crippen MR) is 94.7 cm³/mol. The van der Waals surface area contributed by atoms with Gasteiger partial charge in [0.15, 0.2) is 0 Å². The molecule has 0 bridgehead atoms. The quantitative estimate of drug-likeness (QED) is 0.461. The molecule has 0 aromatic carbocycles. The van der Waals surface area contributed by atoms with E-state index in [4.69, 9.17) is 9.84 Å². The lowest BCUT2D eigenvalue weighted by atomic mass is 9.87. The number of nitrogens with one attached hydrogen (secondary N) is 1. The van der Waals surface area contributed by atoms with Gasteiger partial charge in [-0.3, -0.25) is 9.59 Å². The van der Waals surface area contributed by atoms with E-state index < -0.39 is 5.97 Å². The number of rotatable bonds is 10. The largest absolute Gasteiger partial charge is 0.481 e. The van der Waals surface area contributed by atoms with Crippen LogP contribution in [0.3, 0.4) is 0 Å². The molecule has 1 rings (SSSR count). The van der Waals surface area contributed by atoms with Crippen molar-refractivity contribution in [3.05, 3.63) is 11.8 Å². The number of carboxylic acid groups (broad SMARTS) is 1. The van der Waals surface area contributed by atoms with Gasteiger partial charge in [0.2, 0.25) is 0 Å². The Kier molecular flexibility index (Phi) is 7.94. The summed E-state index contributed by atoms with van der Waals surface area (Å²) in [5, 5.41) is 12.1. The Morgan fingerprint density at radius 3 is 2.12 bits per heavy atom. The van der Waals surface area contributed by atoms with E-state index in [9.17, 15) is 9.59 Å². The Hall–Kier alpha value is -1.36. The predicted octanol–water partition coefficient (Wildman–Crippen LogP) is 4.17. The van der Waals surface area contributed by atoms with E-state index in [2.05, 4.69) is 33.0 Å². The second kappa shape index (κ2) is 9.21. The summed E-state index contributed by atoms with van der Waals surface area (Å²) in [7, 11) is 0. The molecule has 0 saturated carbocycles. The fourth-order valence-corrected chi connectivity index (χ4v) is 3.36. The average molecular weight is 339 g/mol. The number of carbonyl (C=O) groups excluding carboxylic acids is 1. The Bertz CT molecular complexity index is 466. The maximum absolute atomic E-state index is 12.0. The summed E-state index contributed by atoms with van der Waals surface area (Å²) < 4.78 is 5.55. The third-order valence-electron chi connectivity index (χ3n) is 4.07. The summed E-state index contributed by atoms with van der Waals surface area (Å²) in [6.45, 7) is 8.37. The van der Waals surface area contributed by atoms with Crippen LogP contribution in [0.5, 0.6) is 0 Å². The van der Waals surface area contributed by atoms with Gasteiger partial charge >= 0.3 is 11.9 Å². The number of carbonyl (C=O) groups is 2. The number of hydrogen-bond donors (Lipinski definition) is 2. The van der Waals surface area contributed by atoms with Gasteiger partial charge in [-0.2, -0.15) is 0 Å². The van der Waals surface area contributed by atoms with Crippen molar-refractivity contribution >= 4 is 11.9 Å². The van der Waals surface area contributed by atoms with Gasteiger partial charge in [0.1, 0.15) is 5.76 Å². The zero-order chi connectivity index (χ0) is 18.2. The minimum absolute atomic E-state index is 0.0795. The third-order valence-corrected chi connectivity index (χ3v) is 4.07. The molecule has 0 fully saturated rings. The first-order chi connectivity index (χ1) is 11.1. The minimum Gasteiger partial charge on any atom is -0.481 e. The number of aliphatic carboxylic acids is 1. The van der Waals surface area contributed by atoms with Gasteiger partial charge in [-0.15, -0.1) is 0 Å². The van der Waals surface area contributed by atoms with Crippen molar-refractivity contribution in [1.82, 2.24) is 5.32 Å². The van der Waals surface area contributed by atoms with Gasteiger partial charge in [0.05, 0.1) is 0 Å². The summed E-state index contributed by atoms with van der Waals surface area (Å²) in [4.78, 5) is 22.4. The second-order valence-corrected chi connectivity index (χ2v) is 8.01. The van der Waals surface area contributed by atoms with Gasteiger partial charge in [-0.05, 0) is 46.6 Å². The number of hydrogen-bond acceptors (Lipinski definition) is 4. The maximum Gasteiger partial charge on any atom is 0.310 e. The fraction of sp³-hybridized carbons (Fsp3) is 0.789.